The van der Waals surface area contributed by atoms with E-state index < -0.39 is 0 Å². The predicted molar refractivity (Wildman–Crippen MR) is 85.2 cm³/mol. The molecule has 0 atom stereocenters. The van der Waals surface area contributed by atoms with Crippen LogP contribution in [0.4, 0.5) is 0 Å². The van der Waals surface area contributed by atoms with Gasteiger partial charge in [-0.1, -0.05) is 61.0 Å². The second kappa shape index (κ2) is 10.3. The van der Waals surface area contributed by atoms with E-state index in [1.165, 1.54) is 11.8 Å². The van der Waals surface area contributed by atoms with Gasteiger partial charge < -0.3 is 5.73 Å². The smallest absolute Gasteiger partial charge is 0.217 e. The molecule has 1 amide bonds. The lowest BCUT2D eigenvalue weighted by molar-refractivity contribution is -0.118. The third kappa shape index (κ3) is 8.53. The van der Waals surface area contributed by atoms with E-state index in [0.29, 0.717) is 6.42 Å². The van der Waals surface area contributed by atoms with E-state index in [9.17, 15) is 9.59 Å². The van der Waals surface area contributed by atoms with Crippen molar-refractivity contribution >= 4 is 28.9 Å². The molecule has 0 spiro atoms. The van der Waals surface area contributed by atoms with Crippen molar-refractivity contribution in [3.05, 3.63) is 42.0 Å². The molecule has 0 bridgehead atoms. The Labute approximate surface area is 124 Å². The molecule has 0 radical (unpaired) electrons. The summed E-state index contributed by atoms with van der Waals surface area (Å²) in [6, 6.07) is 9.78. The Kier molecular flexibility index (Phi) is 8.47. The van der Waals surface area contributed by atoms with Gasteiger partial charge in [0.1, 0.15) is 0 Å². The van der Waals surface area contributed by atoms with Crippen molar-refractivity contribution < 1.29 is 9.59 Å². The normalized spacial score (nSPS) is 10.8. The number of primary amides is 1. The maximum absolute atomic E-state index is 11.6. The average molecular weight is 291 g/mol. The highest BCUT2D eigenvalue weighted by molar-refractivity contribution is 8.14. The van der Waals surface area contributed by atoms with Crippen molar-refractivity contribution in [1.29, 1.82) is 0 Å². The van der Waals surface area contributed by atoms with Crippen molar-refractivity contribution in [3.63, 3.8) is 0 Å². The monoisotopic (exact) mass is 291 g/mol. The Bertz CT molecular complexity index is 443. The Hall–Kier alpha value is -1.55. The van der Waals surface area contributed by atoms with E-state index in [1.807, 2.05) is 36.4 Å². The molecular weight excluding hydrogens is 270 g/mol. The van der Waals surface area contributed by atoms with Gasteiger partial charge in [-0.05, 0) is 24.5 Å². The van der Waals surface area contributed by atoms with Crippen molar-refractivity contribution in [1.82, 2.24) is 0 Å². The lowest BCUT2D eigenvalue weighted by Gasteiger charge is -1.99. The maximum atomic E-state index is 11.6. The molecule has 108 valence electrons. The number of nitrogens with two attached hydrogens (primary N) is 1. The van der Waals surface area contributed by atoms with Crippen LogP contribution in [-0.2, 0) is 9.59 Å². The molecule has 2 N–H and O–H groups in total. The van der Waals surface area contributed by atoms with Crippen molar-refractivity contribution in [2.24, 2.45) is 5.73 Å². The number of carbonyl (C=O) groups excluding carboxylic acids is 2. The zero-order valence-electron chi connectivity index (χ0n) is 11.6. The standard InChI is InChI=1S/C16H21NO2S/c17-15(18)10-6-1-2-7-13-20-16(19)12-11-14-8-4-3-5-9-14/h3-5,8-9,11-12H,1-2,6-7,10,13H2,(H2,17,18)/b12-11+. The third-order valence-corrected chi connectivity index (χ3v) is 3.69. The predicted octanol–water partition coefficient (Wildman–Crippen LogP) is 3.40. The summed E-state index contributed by atoms with van der Waals surface area (Å²) in [5.74, 6) is 0.592. The molecule has 0 fully saturated rings. The zero-order valence-corrected chi connectivity index (χ0v) is 12.4. The molecule has 0 aliphatic carbocycles. The third-order valence-electron chi connectivity index (χ3n) is 2.77. The molecule has 0 unspecified atom stereocenters. The Morgan fingerprint density at radius 1 is 1.05 bits per heavy atom. The summed E-state index contributed by atoms with van der Waals surface area (Å²) in [4.78, 5) is 22.1. The minimum atomic E-state index is -0.236. The van der Waals surface area contributed by atoms with E-state index in [1.54, 1.807) is 6.08 Å². The van der Waals surface area contributed by atoms with Crippen LogP contribution in [0.3, 0.4) is 0 Å². The molecular formula is C16H21NO2S. The van der Waals surface area contributed by atoms with E-state index in [4.69, 9.17) is 5.73 Å². The van der Waals surface area contributed by atoms with Gasteiger partial charge in [-0.2, -0.15) is 0 Å². The molecule has 1 rings (SSSR count). The first-order chi connectivity index (χ1) is 9.68. The van der Waals surface area contributed by atoms with Crippen LogP contribution in [0.5, 0.6) is 0 Å². The van der Waals surface area contributed by atoms with E-state index in [-0.39, 0.29) is 11.0 Å². The van der Waals surface area contributed by atoms with Crippen LogP contribution in [0.1, 0.15) is 37.7 Å². The van der Waals surface area contributed by atoms with Crippen molar-refractivity contribution in [2.45, 2.75) is 32.1 Å². The van der Waals surface area contributed by atoms with Gasteiger partial charge in [0.25, 0.3) is 0 Å². The van der Waals surface area contributed by atoms with Gasteiger partial charge in [0.05, 0.1) is 0 Å². The Balaban J connectivity index is 2.06. The Morgan fingerprint density at radius 2 is 1.75 bits per heavy atom. The molecule has 4 heteroatoms. The summed E-state index contributed by atoms with van der Waals surface area (Å²) in [6.45, 7) is 0. The van der Waals surface area contributed by atoms with E-state index >= 15 is 0 Å². The minimum absolute atomic E-state index is 0.0889. The highest BCUT2D eigenvalue weighted by Gasteiger charge is 1.98. The number of hydrogen-bond acceptors (Lipinski definition) is 3. The molecule has 0 aliphatic rings. The SMILES string of the molecule is NC(=O)CCCCCCSC(=O)/C=C/c1ccccc1. The Morgan fingerprint density at radius 3 is 2.45 bits per heavy atom. The van der Waals surface area contributed by atoms with Gasteiger partial charge in [0.2, 0.25) is 11.0 Å². The number of thioether (sulfide) groups is 1. The molecule has 0 saturated carbocycles. The number of carbonyl (C=O) groups is 2. The van der Waals surface area contributed by atoms with Gasteiger partial charge >= 0.3 is 0 Å². The topological polar surface area (TPSA) is 60.2 Å². The maximum Gasteiger partial charge on any atom is 0.217 e. The fourth-order valence-corrected chi connectivity index (χ4v) is 2.42. The average Bonchev–Trinajstić information content (AvgIpc) is 2.45. The molecule has 0 heterocycles. The zero-order chi connectivity index (χ0) is 14.6. The number of benzene rings is 1. The summed E-state index contributed by atoms with van der Waals surface area (Å²) in [6.07, 6.45) is 7.80. The summed E-state index contributed by atoms with van der Waals surface area (Å²) in [5, 5.41) is 0.0889. The van der Waals surface area contributed by atoms with Crippen LogP contribution < -0.4 is 5.73 Å². The lowest BCUT2D eigenvalue weighted by atomic mass is 10.1. The summed E-state index contributed by atoms with van der Waals surface area (Å²) >= 11 is 1.34. The second-order valence-corrected chi connectivity index (χ2v) is 5.64. The van der Waals surface area contributed by atoms with E-state index in [2.05, 4.69) is 0 Å². The first kappa shape index (κ1) is 16.5. The van der Waals surface area contributed by atoms with Gasteiger partial charge in [-0.3, -0.25) is 9.59 Å². The quantitative estimate of drug-likeness (QED) is 0.560. The fourth-order valence-electron chi connectivity index (χ4n) is 1.70. The summed E-state index contributed by atoms with van der Waals surface area (Å²) in [7, 11) is 0. The minimum Gasteiger partial charge on any atom is -0.370 e. The van der Waals surface area contributed by atoms with Crippen LogP contribution in [0.25, 0.3) is 6.08 Å². The van der Waals surface area contributed by atoms with Crippen molar-refractivity contribution in [3.8, 4) is 0 Å². The van der Waals surface area contributed by atoms with Crippen LogP contribution >= 0.6 is 11.8 Å². The van der Waals surface area contributed by atoms with Gasteiger partial charge in [0, 0.05) is 12.2 Å². The van der Waals surface area contributed by atoms with Crippen LogP contribution in [-0.4, -0.2) is 16.8 Å². The fraction of sp³-hybridized carbons (Fsp3) is 0.375. The highest BCUT2D eigenvalue weighted by Crippen LogP contribution is 2.11. The summed E-state index contributed by atoms with van der Waals surface area (Å²) < 4.78 is 0. The lowest BCUT2D eigenvalue weighted by Crippen LogP contribution is -2.09. The molecule has 20 heavy (non-hydrogen) atoms. The number of unbranched alkanes of at least 4 members (excludes halogenated alkanes) is 3. The highest BCUT2D eigenvalue weighted by atomic mass is 32.2. The van der Waals surface area contributed by atoms with Crippen LogP contribution in [0.15, 0.2) is 36.4 Å². The van der Waals surface area contributed by atoms with Gasteiger partial charge in [-0.25, -0.2) is 0 Å². The number of hydrogen-bond donors (Lipinski definition) is 1. The van der Waals surface area contributed by atoms with Crippen LogP contribution in [0.2, 0.25) is 0 Å². The largest absolute Gasteiger partial charge is 0.370 e. The number of rotatable bonds is 9. The molecule has 3 nitrogen and oxygen atoms in total. The molecule has 1 aromatic rings. The number of amides is 1. The summed E-state index contributed by atoms with van der Waals surface area (Å²) in [5.41, 5.74) is 6.09. The molecule has 0 saturated heterocycles. The second-order valence-electron chi connectivity index (χ2n) is 4.54. The van der Waals surface area contributed by atoms with Gasteiger partial charge in [0.15, 0.2) is 0 Å². The van der Waals surface area contributed by atoms with E-state index in [0.717, 1.165) is 37.0 Å². The van der Waals surface area contributed by atoms with Gasteiger partial charge in [-0.15, -0.1) is 0 Å². The van der Waals surface area contributed by atoms with Crippen LogP contribution in [0, 0.1) is 0 Å². The first-order valence-corrected chi connectivity index (χ1v) is 7.85. The molecule has 0 aliphatic heterocycles. The molecule has 0 aromatic heterocycles. The van der Waals surface area contributed by atoms with Crippen molar-refractivity contribution in [2.75, 3.05) is 5.75 Å². The molecule has 1 aromatic carbocycles. The first-order valence-electron chi connectivity index (χ1n) is 6.86.